The number of carbonyl (C=O) groups excluding carboxylic acids is 1. The van der Waals surface area contributed by atoms with E-state index in [1.54, 1.807) is 6.92 Å². The third kappa shape index (κ3) is 2.93. The third-order valence-electron chi connectivity index (χ3n) is 2.88. The summed E-state index contributed by atoms with van der Waals surface area (Å²) in [6.07, 6.45) is -0.0327. The predicted molar refractivity (Wildman–Crippen MR) is 71.5 cm³/mol. The van der Waals surface area contributed by atoms with Crippen LogP contribution in [0.3, 0.4) is 0 Å². The molecule has 1 aromatic heterocycles. The van der Waals surface area contributed by atoms with Crippen molar-refractivity contribution in [1.29, 1.82) is 0 Å². The van der Waals surface area contributed by atoms with Gasteiger partial charge in [-0.05, 0) is 26.0 Å². The molecule has 1 atom stereocenters. The summed E-state index contributed by atoms with van der Waals surface area (Å²) in [4.78, 5) is 16.4. The number of pyridine rings is 1. The van der Waals surface area contributed by atoms with Gasteiger partial charge in [0.25, 0.3) is 0 Å². The molecule has 1 aromatic carbocycles. The van der Waals surface area contributed by atoms with Gasteiger partial charge in [-0.2, -0.15) is 0 Å². The number of aromatic nitrogens is 1. The van der Waals surface area contributed by atoms with Crippen molar-refractivity contribution in [2.75, 3.05) is 6.61 Å². The third-order valence-corrected chi connectivity index (χ3v) is 2.88. The number of ketones is 1. The van der Waals surface area contributed by atoms with E-state index >= 15 is 0 Å². The van der Waals surface area contributed by atoms with E-state index in [9.17, 15) is 4.79 Å². The van der Waals surface area contributed by atoms with E-state index in [0.717, 1.165) is 16.6 Å². The molecule has 0 radical (unpaired) electrons. The minimum Gasteiger partial charge on any atom is -0.371 e. The SMILES string of the molecule is CCOC(C)C(=O)Cc1ccc2ccccc2n1. The van der Waals surface area contributed by atoms with Crippen molar-refractivity contribution >= 4 is 16.7 Å². The van der Waals surface area contributed by atoms with Crippen molar-refractivity contribution in [3.05, 3.63) is 42.1 Å². The molecule has 3 heteroatoms. The van der Waals surface area contributed by atoms with E-state index < -0.39 is 0 Å². The number of carbonyl (C=O) groups is 1. The second-order valence-corrected chi connectivity index (χ2v) is 4.24. The summed E-state index contributed by atoms with van der Waals surface area (Å²) < 4.78 is 5.29. The van der Waals surface area contributed by atoms with Gasteiger partial charge in [-0.15, -0.1) is 0 Å². The maximum Gasteiger partial charge on any atom is 0.167 e. The molecule has 0 saturated heterocycles. The van der Waals surface area contributed by atoms with E-state index in [0.29, 0.717) is 13.0 Å². The smallest absolute Gasteiger partial charge is 0.167 e. The summed E-state index contributed by atoms with van der Waals surface area (Å²) in [5.74, 6) is 0.0691. The minimum atomic E-state index is -0.358. The highest BCUT2D eigenvalue weighted by molar-refractivity contribution is 5.85. The molecule has 0 amide bonds. The maximum atomic E-state index is 11.9. The lowest BCUT2D eigenvalue weighted by Crippen LogP contribution is -2.22. The Morgan fingerprint density at radius 3 is 2.83 bits per heavy atom. The molecule has 1 unspecified atom stereocenters. The number of rotatable bonds is 5. The van der Waals surface area contributed by atoms with Crippen molar-refractivity contribution in [2.45, 2.75) is 26.4 Å². The van der Waals surface area contributed by atoms with Crippen molar-refractivity contribution in [3.8, 4) is 0 Å². The normalized spacial score (nSPS) is 12.6. The fourth-order valence-electron chi connectivity index (χ4n) is 1.87. The van der Waals surface area contributed by atoms with Gasteiger partial charge in [0.15, 0.2) is 5.78 Å². The fourth-order valence-corrected chi connectivity index (χ4v) is 1.87. The van der Waals surface area contributed by atoms with Crippen LogP contribution in [0.4, 0.5) is 0 Å². The van der Waals surface area contributed by atoms with E-state index in [2.05, 4.69) is 4.98 Å². The summed E-state index contributed by atoms with van der Waals surface area (Å²) >= 11 is 0. The molecular weight excluding hydrogens is 226 g/mol. The Morgan fingerprint density at radius 2 is 2.06 bits per heavy atom. The average Bonchev–Trinajstić information content (AvgIpc) is 2.39. The topological polar surface area (TPSA) is 39.2 Å². The van der Waals surface area contributed by atoms with Gasteiger partial charge in [0.05, 0.1) is 11.9 Å². The molecule has 2 rings (SSSR count). The van der Waals surface area contributed by atoms with Crippen LogP contribution in [0, 0.1) is 0 Å². The number of para-hydroxylation sites is 1. The Morgan fingerprint density at radius 1 is 1.28 bits per heavy atom. The summed E-state index contributed by atoms with van der Waals surface area (Å²) in [5.41, 5.74) is 1.72. The van der Waals surface area contributed by atoms with Crippen LogP contribution < -0.4 is 0 Å². The molecule has 1 heterocycles. The van der Waals surface area contributed by atoms with Crippen LogP contribution in [-0.4, -0.2) is 23.5 Å². The van der Waals surface area contributed by atoms with Crippen molar-refractivity contribution in [2.24, 2.45) is 0 Å². The van der Waals surface area contributed by atoms with Gasteiger partial charge in [0.2, 0.25) is 0 Å². The van der Waals surface area contributed by atoms with Crippen LogP contribution in [0.2, 0.25) is 0 Å². The lowest BCUT2D eigenvalue weighted by Gasteiger charge is -2.10. The van der Waals surface area contributed by atoms with Crippen LogP contribution >= 0.6 is 0 Å². The molecule has 0 bridgehead atoms. The van der Waals surface area contributed by atoms with Crippen LogP contribution in [0.15, 0.2) is 36.4 Å². The molecule has 0 N–H and O–H groups in total. The van der Waals surface area contributed by atoms with Crippen molar-refractivity contribution < 1.29 is 9.53 Å². The van der Waals surface area contributed by atoms with E-state index in [-0.39, 0.29) is 11.9 Å². The van der Waals surface area contributed by atoms with E-state index in [1.807, 2.05) is 43.3 Å². The van der Waals surface area contributed by atoms with Crippen LogP contribution in [0.25, 0.3) is 10.9 Å². The van der Waals surface area contributed by atoms with Crippen LogP contribution in [-0.2, 0) is 16.0 Å². The zero-order valence-corrected chi connectivity index (χ0v) is 10.7. The first-order valence-corrected chi connectivity index (χ1v) is 6.19. The molecule has 94 valence electrons. The summed E-state index contributed by atoms with van der Waals surface area (Å²) in [7, 11) is 0. The van der Waals surface area contributed by atoms with Crippen molar-refractivity contribution in [3.63, 3.8) is 0 Å². The van der Waals surface area contributed by atoms with Gasteiger partial charge >= 0.3 is 0 Å². The highest BCUT2D eigenvalue weighted by Gasteiger charge is 2.14. The van der Waals surface area contributed by atoms with Crippen molar-refractivity contribution in [1.82, 2.24) is 4.98 Å². The first-order valence-electron chi connectivity index (χ1n) is 6.19. The lowest BCUT2D eigenvalue weighted by molar-refractivity contribution is -0.128. The molecule has 0 aliphatic carbocycles. The lowest BCUT2D eigenvalue weighted by atomic mass is 10.1. The number of benzene rings is 1. The van der Waals surface area contributed by atoms with Crippen LogP contribution in [0.1, 0.15) is 19.5 Å². The second-order valence-electron chi connectivity index (χ2n) is 4.24. The largest absolute Gasteiger partial charge is 0.371 e. The molecule has 0 spiro atoms. The van der Waals surface area contributed by atoms with Gasteiger partial charge in [-0.25, -0.2) is 0 Å². The molecule has 0 aliphatic rings. The Labute approximate surface area is 107 Å². The number of hydrogen-bond donors (Lipinski definition) is 0. The van der Waals surface area contributed by atoms with Gasteiger partial charge in [-0.1, -0.05) is 24.3 Å². The Kier molecular flexibility index (Phi) is 4.05. The monoisotopic (exact) mass is 243 g/mol. The Balaban J connectivity index is 2.14. The zero-order chi connectivity index (χ0) is 13.0. The number of nitrogens with zero attached hydrogens (tertiary/aromatic N) is 1. The fraction of sp³-hybridized carbons (Fsp3) is 0.333. The predicted octanol–water partition coefficient (Wildman–Crippen LogP) is 2.77. The molecule has 3 nitrogen and oxygen atoms in total. The highest BCUT2D eigenvalue weighted by Crippen LogP contribution is 2.12. The molecule has 18 heavy (non-hydrogen) atoms. The molecular formula is C15H17NO2. The molecule has 0 fully saturated rings. The van der Waals surface area contributed by atoms with Gasteiger partial charge in [-0.3, -0.25) is 9.78 Å². The average molecular weight is 243 g/mol. The van der Waals surface area contributed by atoms with Gasteiger partial charge < -0.3 is 4.74 Å². The quantitative estimate of drug-likeness (QED) is 0.810. The Hall–Kier alpha value is -1.74. The molecule has 2 aromatic rings. The number of ether oxygens (including phenoxy) is 1. The standard InChI is InChI=1S/C15H17NO2/c1-3-18-11(2)15(17)10-13-9-8-12-6-4-5-7-14(12)16-13/h4-9,11H,3,10H2,1-2H3. The summed E-state index contributed by atoms with van der Waals surface area (Å²) in [6, 6.07) is 11.8. The highest BCUT2D eigenvalue weighted by atomic mass is 16.5. The van der Waals surface area contributed by atoms with E-state index in [4.69, 9.17) is 4.74 Å². The Bertz CT molecular complexity index is 551. The minimum absolute atomic E-state index is 0.0691. The first kappa shape index (κ1) is 12.7. The molecule has 0 saturated carbocycles. The number of Topliss-reactive ketones (excluding diaryl/α,β-unsaturated/α-hetero) is 1. The van der Waals surface area contributed by atoms with Gasteiger partial charge in [0.1, 0.15) is 6.10 Å². The zero-order valence-electron chi connectivity index (χ0n) is 10.7. The van der Waals surface area contributed by atoms with Crippen LogP contribution in [0.5, 0.6) is 0 Å². The summed E-state index contributed by atoms with van der Waals surface area (Å²) in [5, 5.41) is 1.09. The van der Waals surface area contributed by atoms with E-state index in [1.165, 1.54) is 0 Å². The first-order chi connectivity index (χ1) is 8.70. The molecule has 0 aliphatic heterocycles. The maximum absolute atomic E-state index is 11.9. The second kappa shape index (κ2) is 5.74. The number of fused-ring (bicyclic) bond motifs is 1. The van der Waals surface area contributed by atoms with Gasteiger partial charge in [0, 0.05) is 17.7 Å². The number of hydrogen-bond acceptors (Lipinski definition) is 3. The summed E-state index contributed by atoms with van der Waals surface area (Å²) in [6.45, 7) is 4.23.